The smallest absolute Gasteiger partial charge is 0.344 e. The lowest BCUT2D eigenvalue weighted by Gasteiger charge is -2.19. The summed E-state index contributed by atoms with van der Waals surface area (Å²) in [6.45, 7) is 6.18. The molecular weight excluding hydrogens is 378 g/mol. The van der Waals surface area contributed by atoms with E-state index >= 15 is 0 Å². The molecule has 0 spiro atoms. The molecule has 0 aliphatic carbocycles. The molecule has 0 aliphatic heterocycles. The molecule has 6 heteroatoms. The number of carbonyl (C=O) groups excluding carboxylic acids is 1. The molecule has 0 N–H and O–H groups in total. The Kier molecular flexibility index (Phi) is 6.05. The molecule has 0 fully saturated rings. The number of esters is 1. The third-order valence-electron chi connectivity index (χ3n) is 4.12. The monoisotopic (exact) mass is 399 g/mol. The lowest BCUT2D eigenvalue weighted by molar-refractivity contribution is -0.148. The van der Waals surface area contributed by atoms with Crippen LogP contribution in [0.2, 0.25) is 5.02 Å². The van der Waals surface area contributed by atoms with Gasteiger partial charge in [0.05, 0.1) is 6.20 Å². The zero-order valence-corrected chi connectivity index (χ0v) is 16.8. The summed E-state index contributed by atoms with van der Waals surface area (Å²) in [4.78, 5) is 16.0. The summed E-state index contributed by atoms with van der Waals surface area (Å²) in [5.41, 5.74) is 2.11. The summed E-state index contributed by atoms with van der Waals surface area (Å²) in [5, 5.41) is 0.644. The molecule has 0 atom stereocenters. The fourth-order valence-electron chi connectivity index (χ4n) is 2.50. The number of carbonyl (C=O) groups is 1. The van der Waals surface area contributed by atoms with Crippen molar-refractivity contribution < 1.29 is 18.7 Å². The summed E-state index contributed by atoms with van der Waals surface area (Å²) in [5.74, 6) is 1.02. The fourth-order valence-corrected chi connectivity index (χ4v) is 2.63. The third kappa shape index (κ3) is 5.36. The maximum atomic E-state index is 11.9. The highest BCUT2D eigenvalue weighted by Gasteiger charge is 2.14. The molecule has 1 heterocycles. The first-order chi connectivity index (χ1) is 13.3. The second kappa shape index (κ2) is 8.48. The van der Waals surface area contributed by atoms with E-state index in [0.717, 1.165) is 5.56 Å². The zero-order chi connectivity index (χ0) is 20.1. The molecule has 1 aromatic heterocycles. The van der Waals surface area contributed by atoms with Gasteiger partial charge in [-0.05, 0) is 47.4 Å². The van der Waals surface area contributed by atoms with Crippen molar-refractivity contribution in [1.82, 2.24) is 4.98 Å². The molecule has 3 rings (SSSR count). The molecule has 28 heavy (non-hydrogen) atoms. The molecule has 0 amide bonds. The summed E-state index contributed by atoms with van der Waals surface area (Å²) in [7, 11) is 0. The average Bonchev–Trinajstić information content (AvgIpc) is 3.14. The maximum Gasteiger partial charge on any atom is 0.344 e. The van der Waals surface area contributed by atoms with Crippen LogP contribution in [0.1, 0.15) is 32.2 Å². The van der Waals surface area contributed by atoms with Gasteiger partial charge >= 0.3 is 5.97 Å². The van der Waals surface area contributed by atoms with E-state index in [1.165, 1.54) is 5.56 Å². The van der Waals surface area contributed by atoms with Crippen molar-refractivity contribution >= 4 is 17.6 Å². The molecule has 0 aliphatic rings. The van der Waals surface area contributed by atoms with Crippen LogP contribution in [0.5, 0.6) is 5.75 Å². The number of ether oxygens (including phenoxy) is 2. The van der Waals surface area contributed by atoms with Gasteiger partial charge in [0.1, 0.15) is 5.75 Å². The van der Waals surface area contributed by atoms with Gasteiger partial charge < -0.3 is 13.9 Å². The van der Waals surface area contributed by atoms with E-state index < -0.39 is 5.97 Å². The molecular formula is C22H22ClNO4. The number of benzene rings is 2. The molecule has 0 saturated heterocycles. The SMILES string of the molecule is CC(C)(C)c1ccc(OCC(=O)OCc2ncc(-c3ccc(Cl)cc3)o2)cc1. The average molecular weight is 400 g/mol. The first-order valence-corrected chi connectivity index (χ1v) is 9.29. The molecule has 3 aromatic rings. The highest BCUT2D eigenvalue weighted by atomic mass is 35.5. The topological polar surface area (TPSA) is 61.6 Å². The van der Waals surface area contributed by atoms with E-state index in [9.17, 15) is 4.79 Å². The van der Waals surface area contributed by atoms with Gasteiger partial charge in [-0.1, -0.05) is 44.5 Å². The Labute approximate surface area is 169 Å². The van der Waals surface area contributed by atoms with Crippen LogP contribution in [-0.2, 0) is 21.6 Å². The number of nitrogens with zero attached hydrogens (tertiary/aromatic N) is 1. The first kappa shape index (κ1) is 20.0. The van der Waals surface area contributed by atoms with Crippen LogP contribution in [0.4, 0.5) is 0 Å². The number of hydrogen-bond donors (Lipinski definition) is 0. The van der Waals surface area contributed by atoms with Crippen LogP contribution in [0.25, 0.3) is 11.3 Å². The molecule has 2 aromatic carbocycles. The van der Waals surface area contributed by atoms with E-state index in [1.807, 2.05) is 36.4 Å². The van der Waals surface area contributed by atoms with Crippen molar-refractivity contribution in [3.8, 4) is 17.1 Å². The standard InChI is InChI=1S/C22H22ClNO4/c1-22(2,3)16-6-10-18(11-7-16)26-14-21(25)27-13-20-24-12-19(28-20)15-4-8-17(23)9-5-15/h4-12H,13-14H2,1-3H3. The minimum absolute atomic E-state index is 0.0568. The van der Waals surface area contributed by atoms with Crippen molar-refractivity contribution in [3.63, 3.8) is 0 Å². The van der Waals surface area contributed by atoms with E-state index in [1.54, 1.807) is 18.3 Å². The number of rotatable bonds is 6. The van der Waals surface area contributed by atoms with E-state index in [-0.39, 0.29) is 18.6 Å². The maximum absolute atomic E-state index is 11.9. The Hall–Kier alpha value is -2.79. The van der Waals surface area contributed by atoms with Crippen LogP contribution in [0, 0.1) is 0 Å². The number of aromatic nitrogens is 1. The van der Waals surface area contributed by atoms with Crippen LogP contribution >= 0.6 is 11.6 Å². The fraction of sp³-hybridized carbons (Fsp3) is 0.273. The van der Waals surface area contributed by atoms with Gasteiger partial charge in [-0.25, -0.2) is 9.78 Å². The van der Waals surface area contributed by atoms with Crippen LogP contribution in [0.15, 0.2) is 59.1 Å². The molecule has 0 bridgehead atoms. The second-order valence-electron chi connectivity index (χ2n) is 7.35. The van der Waals surface area contributed by atoms with Gasteiger partial charge in [-0.15, -0.1) is 0 Å². The summed E-state index contributed by atoms with van der Waals surface area (Å²) in [6, 6.07) is 14.9. The summed E-state index contributed by atoms with van der Waals surface area (Å²) < 4.78 is 16.2. The van der Waals surface area contributed by atoms with Crippen LogP contribution in [-0.4, -0.2) is 17.6 Å². The van der Waals surface area contributed by atoms with E-state index in [2.05, 4.69) is 25.8 Å². The van der Waals surface area contributed by atoms with Gasteiger partial charge in [0.2, 0.25) is 5.89 Å². The Morgan fingerprint density at radius 1 is 1.07 bits per heavy atom. The van der Waals surface area contributed by atoms with Gasteiger partial charge in [-0.3, -0.25) is 0 Å². The normalized spacial score (nSPS) is 11.3. The molecule has 0 radical (unpaired) electrons. The van der Waals surface area contributed by atoms with Crippen molar-refractivity contribution in [2.24, 2.45) is 0 Å². The van der Waals surface area contributed by atoms with E-state index in [0.29, 0.717) is 22.4 Å². The first-order valence-electron chi connectivity index (χ1n) is 8.91. The summed E-state index contributed by atoms with van der Waals surface area (Å²) in [6.07, 6.45) is 1.58. The van der Waals surface area contributed by atoms with E-state index in [4.69, 9.17) is 25.5 Å². The Morgan fingerprint density at radius 3 is 2.39 bits per heavy atom. The van der Waals surface area contributed by atoms with Gasteiger partial charge in [0, 0.05) is 10.6 Å². The highest BCUT2D eigenvalue weighted by Crippen LogP contribution is 2.24. The predicted octanol–water partition coefficient (Wildman–Crippen LogP) is 5.41. The minimum atomic E-state index is -0.494. The highest BCUT2D eigenvalue weighted by molar-refractivity contribution is 6.30. The van der Waals surface area contributed by atoms with Crippen molar-refractivity contribution in [2.45, 2.75) is 32.8 Å². The second-order valence-corrected chi connectivity index (χ2v) is 7.79. The largest absolute Gasteiger partial charge is 0.482 e. The quantitative estimate of drug-likeness (QED) is 0.518. The van der Waals surface area contributed by atoms with Crippen molar-refractivity contribution in [1.29, 1.82) is 0 Å². The van der Waals surface area contributed by atoms with Gasteiger partial charge in [0.15, 0.2) is 19.0 Å². The Bertz CT molecular complexity index is 924. The molecule has 146 valence electrons. The zero-order valence-electron chi connectivity index (χ0n) is 16.1. The lowest BCUT2D eigenvalue weighted by atomic mass is 9.87. The predicted molar refractivity (Wildman–Crippen MR) is 107 cm³/mol. The lowest BCUT2D eigenvalue weighted by Crippen LogP contribution is -2.15. The molecule has 0 saturated carbocycles. The molecule has 5 nitrogen and oxygen atoms in total. The van der Waals surface area contributed by atoms with Crippen molar-refractivity contribution in [2.75, 3.05) is 6.61 Å². The van der Waals surface area contributed by atoms with Gasteiger partial charge in [0.25, 0.3) is 0 Å². The van der Waals surface area contributed by atoms with Crippen LogP contribution < -0.4 is 4.74 Å². The number of oxazole rings is 1. The number of hydrogen-bond acceptors (Lipinski definition) is 5. The van der Waals surface area contributed by atoms with Crippen LogP contribution in [0.3, 0.4) is 0 Å². The third-order valence-corrected chi connectivity index (χ3v) is 4.37. The minimum Gasteiger partial charge on any atom is -0.482 e. The number of halogens is 1. The molecule has 0 unspecified atom stereocenters. The van der Waals surface area contributed by atoms with Crippen molar-refractivity contribution in [3.05, 3.63) is 71.2 Å². The Balaban J connectivity index is 1.47. The Morgan fingerprint density at radius 2 is 1.75 bits per heavy atom. The summed E-state index contributed by atoms with van der Waals surface area (Å²) >= 11 is 5.87. The van der Waals surface area contributed by atoms with Gasteiger partial charge in [-0.2, -0.15) is 0 Å².